The van der Waals surface area contributed by atoms with Crippen LogP contribution in [0.25, 0.3) is 0 Å². The lowest BCUT2D eigenvalue weighted by atomic mass is 10.1. The predicted molar refractivity (Wildman–Crippen MR) is 103 cm³/mol. The minimum Gasteiger partial charge on any atom is -0.481 e. The summed E-state index contributed by atoms with van der Waals surface area (Å²) in [6, 6.07) is 18.1. The largest absolute Gasteiger partial charge is 0.481 e. The van der Waals surface area contributed by atoms with Crippen LogP contribution in [0.1, 0.15) is 35.7 Å². The van der Waals surface area contributed by atoms with Crippen LogP contribution >= 0.6 is 11.8 Å². The zero-order valence-corrected chi connectivity index (χ0v) is 15.6. The van der Waals surface area contributed by atoms with E-state index < -0.39 is 11.9 Å². The number of amides is 1. The summed E-state index contributed by atoms with van der Waals surface area (Å²) in [5.74, 6) is -0.602. The lowest BCUT2D eigenvalue weighted by Crippen LogP contribution is -2.38. The van der Waals surface area contributed by atoms with Crippen LogP contribution in [0.2, 0.25) is 0 Å². The topological polar surface area (TPSA) is 57.6 Å². The lowest BCUT2D eigenvalue weighted by Gasteiger charge is -2.24. The number of thioether (sulfide) groups is 1. The number of carboxylic acids is 1. The monoisotopic (exact) mass is 369 g/mol. The van der Waals surface area contributed by atoms with Gasteiger partial charge in [0.25, 0.3) is 5.91 Å². The second kappa shape index (κ2) is 8.41. The van der Waals surface area contributed by atoms with Crippen molar-refractivity contribution < 1.29 is 14.7 Å². The molecular weight excluding hydrogens is 346 g/mol. The second-order valence-electron chi connectivity index (χ2n) is 6.73. The molecule has 1 amide bonds. The number of carbonyl (C=O) groups excluding carboxylic acids is 1. The molecule has 0 radical (unpaired) electrons. The first-order valence-electron chi connectivity index (χ1n) is 8.85. The van der Waals surface area contributed by atoms with Gasteiger partial charge in [0.1, 0.15) is 0 Å². The maximum Gasteiger partial charge on any atom is 0.308 e. The van der Waals surface area contributed by atoms with Crippen LogP contribution in [0.3, 0.4) is 0 Å². The summed E-state index contributed by atoms with van der Waals surface area (Å²) in [6.07, 6.45) is 1.92. The van der Waals surface area contributed by atoms with Crippen molar-refractivity contribution in [1.29, 1.82) is 0 Å². The Morgan fingerprint density at radius 3 is 2.35 bits per heavy atom. The van der Waals surface area contributed by atoms with Gasteiger partial charge in [-0.15, -0.1) is 11.8 Å². The van der Waals surface area contributed by atoms with Crippen LogP contribution < -0.4 is 0 Å². The fourth-order valence-electron chi connectivity index (χ4n) is 2.76. The molecule has 2 aromatic carbocycles. The normalized spacial score (nSPS) is 14.7. The molecule has 0 spiro atoms. The number of benzene rings is 2. The molecule has 26 heavy (non-hydrogen) atoms. The van der Waals surface area contributed by atoms with E-state index in [4.69, 9.17) is 5.11 Å². The van der Waals surface area contributed by atoms with Crippen LogP contribution in [-0.2, 0) is 10.5 Å². The van der Waals surface area contributed by atoms with Crippen LogP contribution in [0, 0.1) is 5.92 Å². The number of rotatable bonds is 8. The van der Waals surface area contributed by atoms with E-state index in [0.29, 0.717) is 5.56 Å². The summed E-state index contributed by atoms with van der Waals surface area (Å²) < 4.78 is 0. The van der Waals surface area contributed by atoms with Gasteiger partial charge in [-0.05, 0) is 42.7 Å². The number of aliphatic carboxylic acids is 1. The van der Waals surface area contributed by atoms with E-state index in [1.807, 2.05) is 42.5 Å². The average Bonchev–Trinajstić information content (AvgIpc) is 3.50. The van der Waals surface area contributed by atoms with Gasteiger partial charge in [-0.2, -0.15) is 0 Å². The molecule has 0 aromatic heterocycles. The van der Waals surface area contributed by atoms with E-state index in [1.54, 1.807) is 23.6 Å². The summed E-state index contributed by atoms with van der Waals surface area (Å²) in [6.45, 7) is 1.91. The third-order valence-electron chi connectivity index (χ3n) is 4.49. The molecule has 1 aliphatic carbocycles. The van der Waals surface area contributed by atoms with Crippen LogP contribution in [0.5, 0.6) is 0 Å². The van der Waals surface area contributed by atoms with E-state index in [0.717, 1.165) is 23.5 Å². The van der Waals surface area contributed by atoms with Gasteiger partial charge in [-0.3, -0.25) is 9.59 Å². The molecule has 1 N–H and O–H groups in total. The highest BCUT2D eigenvalue weighted by Gasteiger charge is 2.34. The van der Waals surface area contributed by atoms with Gasteiger partial charge in [0.15, 0.2) is 0 Å². The van der Waals surface area contributed by atoms with Crippen molar-refractivity contribution in [2.75, 3.05) is 6.54 Å². The van der Waals surface area contributed by atoms with E-state index >= 15 is 0 Å². The Morgan fingerprint density at radius 1 is 1.12 bits per heavy atom. The maximum atomic E-state index is 12.8. The van der Waals surface area contributed by atoms with E-state index in [9.17, 15) is 9.59 Å². The molecule has 0 heterocycles. The summed E-state index contributed by atoms with van der Waals surface area (Å²) >= 11 is 1.73. The molecule has 5 heteroatoms. The number of hydrogen-bond donors (Lipinski definition) is 1. The first kappa shape index (κ1) is 18.5. The minimum absolute atomic E-state index is 0.0693. The van der Waals surface area contributed by atoms with Crippen LogP contribution in [0.15, 0.2) is 59.5 Å². The zero-order valence-electron chi connectivity index (χ0n) is 14.8. The Balaban J connectivity index is 1.62. The Hall–Kier alpha value is -2.27. The molecule has 1 fully saturated rings. The smallest absolute Gasteiger partial charge is 0.308 e. The molecule has 136 valence electrons. The van der Waals surface area contributed by atoms with Gasteiger partial charge < -0.3 is 10.0 Å². The Bertz CT molecular complexity index is 757. The van der Waals surface area contributed by atoms with Crippen molar-refractivity contribution >= 4 is 23.6 Å². The summed E-state index contributed by atoms with van der Waals surface area (Å²) in [4.78, 5) is 26.8. The molecule has 1 atom stereocenters. The summed E-state index contributed by atoms with van der Waals surface area (Å²) in [5, 5.41) is 9.13. The molecule has 0 saturated heterocycles. The molecular formula is C21H23NO3S. The first-order chi connectivity index (χ1) is 12.5. The van der Waals surface area contributed by atoms with Gasteiger partial charge in [0, 0.05) is 28.8 Å². The molecule has 1 saturated carbocycles. The van der Waals surface area contributed by atoms with Gasteiger partial charge in [-0.25, -0.2) is 0 Å². The average molecular weight is 369 g/mol. The quantitative estimate of drug-likeness (QED) is 0.705. The van der Waals surface area contributed by atoms with Gasteiger partial charge in [0.05, 0.1) is 5.92 Å². The third kappa shape index (κ3) is 4.88. The van der Waals surface area contributed by atoms with E-state index in [-0.39, 0.29) is 18.5 Å². The molecule has 1 unspecified atom stereocenters. The van der Waals surface area contributed by atoms with Crippen molar-refractivity contribution in [3.8, 4) is 0 Å². The lowest BCUT2D eigenvalue weighted by molar-refractivity contribution is -0.141. The summed E-state index contributed by atoms with van der Waals surface area (Å²) in [7, 11) is 0. The number of hydrogen-bond acceptors (Lipinski definition) is 3. The highest BCUT2D eigenvalue weighted by Crippen LogP contribution is 2.30. The van der Waals surface area contributed by atoms with Crippen molar-refractivity contribution in [1.82, 2.24) is 4.90 Å². The molecule has 0 bridgehead atoms. The number of carbonyl (C=O) groups is 2. The fraction of sp³-hybridized carbons (Fsp3) is 0.333. The highest BCUT2D eigenvalue weighted by atomic mass is 32.2. The van der Waals surface area contributed by atoms with Crippen molar-refractivity contribution in [3.05, 3.63) is 65.7 Å². The Labute approximate surface area is 158 Å². The third-order valence-corrected chi connectivity index (χ3v) is 5.57. The molecule has 4 nitrogen and oxygen atoms in total. The second-order valence-corrected chi connectivity index (χ2v) is 7.78. The SMILES string of the molecule is CC(CN(C(=O)c1ccc(SCc2ccccc2)cc1)C1CC1)C(=O)O. The van der Waals surface area contributed by atoms with Crippen LogP contribution in [0.4, 0.5) is 0 Å². The Morgan fingerprint density at radius 2 is 1.77 bits per heavy atom. The van der Waals surface area contributed by atoms with Gasteiger partial charge >= 0.3 is 5.97 Å². The zero-order chi connectivity index (χ0) is 18.5. The number of carboxylic acid groups (broad SMARTS) is 1. The molecule has 0 aliphatic heterocycles. The van der Waals surface area contributed by atoms with Crippen LogP contribution in [-0.4, -0.2) is 34.5 Å². The number of nitrogens with zero attached hydrogens (tertiary/aromatic N) is 1. The van der Waals surface area contributed by atoms with Crippen molar-refractivity contribution in [3.63, 3.8) is 0 Å². The van der Waals surface area contributed by atoms with Gasteiger partial charge in [0.2, 0.25) is 0 Å². The van der Waals surface area contributed by atoms with Crippen molar-refractivity contribution in [2.45, 2.75) is 36.5 Å². The first-order valence-corrected chi connectivity index (χ1v) is 9.83. The maximum absolute atomic E-state index is 12.8. The molecule has 2 aromatic rings. The molecule has 3 rings (SSSR count). The molecule has 1 aliphatic rings. The predicted octanol–water partition coefficient (Wildman–Crippen LogP) is 4.30. The Kier molecular flexibility index (Phi) is 5.99. The fourth-order valence-corrected chi connectivity index (χ4v) is 3.61. The minimum atomic E-state index is -0.865. The standard InChI is InChI=1S/C21H23NO3S/c1-15(21(24)25)13-22(18-9-10-18)20(23)17-7-11-19(12-8-17)26-14-16-5-3-2-4-6-16/h2-8,11-12,15,18H,9-10,13-14H2,1H3,(H,24,25). The van der Waals surface area contributed by atoms with E-state index in [1.165, 1.54) is 5.56 Å². The van der Waals surface area contributed by atoms with Crippen molar-refractivity contribution in [2.24, 2.45) is 5.92 Å². The van der Waals surface area contributed by atoms with E-state index in [2.05, 4.69) is 12.1 Å². The summed E-state index contributed by atoms with van der Waals surface area (Å²) in [5.41, 5.74) is 1.89. The highest BCUT2D eigenvalue weighted by molar-refractivity contribution is 7.98. The van der Waals surface area contributed by atoms with Gasteiger partial charge in [-0.1, -0.05) is 37.3 Å².